The van der Waals surface area contributed by atoms with Crippen molar-refractivity contribution in [2.75, 3.05) is 23.9 Å². The molecule has 0 saturated carbocycles. The number of aromatic nitrogens is 3. The first-order valence-corrected chi connectivity index (χ1v) is 10.3. The zero-order chi connectivity index (χ0) is 25.7. The van der Waals surface area contributed by atoms with E-state index in [0.29, 0.717) is 13.1 Å². The highest BCUT2D eigenvalue weighted by molar-refractivity contribution is 6.13. The first-order valence-electron chi connectivity index (χ1n) is 9.88. The summed E-state index contributed by atoms with van der Waals surface area (Å²) in [6, 6.07) is 10.1. The van der Waals surface area contributed by atoms with Gasteiger partial charge < -0.3 is 26.6 Å². The first-order chi connectivity index (χ1) is 16.7. The minimum atomic E-state index is -1.25. The predicted octanol–water partition coefficient (Wildman–Crippen LogP) is 0.517. The molecule has 0 unspecified atom stereocenters. The summed E-state index contributed by atoms with van der Waals surface area (Å²) < 4.78 is 5.66. The van der Waals surface area contributed by atoms with E-state index in [1.807, 2.05) is 24.3 Å². The van der Waals surface area contributed by atoms with Gasteiger partial charge >= 0.3 is 11.9 Å². The molecular weight excluding hydrogens is 482 g/mol. The Bertz CT molecular complexity index is 1480. The number of benzene rings is 1. The SMILES string of the molecule is COC(=O)c1cc(C(=O)O)nc2cc(N)nn12.Nc1c(NCc2cccc(CNCl)c2)c(=O)c1=O. The molecule has 14 heteroatoms. The van der Waals surface area contributed by atoms with E-state index < -0.39 is 22.8 Å². The highest BCUT2D eigenvalue weighted by atomic mass is 35.5. The van der Waals surface area contributed by atoms with Crippen molar-refractivity contribution in [1.29, 1.82) is 0 Å². The second-order valence-corrected chi connectivity index (χ2v) is 7.36. The number of anilines is 3. The van der Waals surface area contributed by atoms with Gasteiger partial charge in [-0.05, 0) is 22.9 Å². The average molecular weight is 502 g/mol. The van der Waals surface area contributed by atoms with E-state index in [1.54, 1.807) is 0 Å². The number of nitrogen functional groups attached to an aromatic ring is 2. The van der Waals surface area contributed by atoms with Crippen molar-refractivity contribution < 1.29 is 19.4 Å². The number of halogens is 1. The van der Waals surface area contributed by atoms with Gasteiger partial charge in [0.1, 0.15) is 17.2 Å². The Kier molecular flexibility index (Phi) is 7.63. The highest BCUT2D eigenvalue weighted by Crippen LogP contribution is 2.13. The van der Waals surface area contributed by atoms with Crippen molar-refractivity contribution in [3.8, 4) is 0 Å². The quantitative estimate of drug-likeness (QED) is 0.133. The van der Waals surface area contributed by atoms with Gasteiger partial charge in [-0.2, -0.15) is 0 Å². The van der Waals surface area contributed by atoms with Gasteiger partial charge in [0.2, 0.25) is 0 Å². The maximum Gasteiger partial charge on any atom is 0.356 e. The van der Waals surface area contributed by atoms with E-state index in [9.17, 15) is 19.2 Å². The van der Waals surface area contributed by atoms with Crippen LogP contribution in [0.4, 0.5) is 17.2 Å². The number of carboxylic acid groups (broad SMARTS) is 1. The fraction of sp³-hybridized carbons (Fsp3) is 0.143. The van der Waals surface area contributed by atoms with E-state index in [4.69, 9.17) is 28.4 Å². The molecule has 4 aromatic rings. The third kappa shape index (κ3) is 5.54. The Morgan fingerprint density at radius 1 is 1.11 bits per heavy atom. The Balaban J connectivity index is 0.000000196. The molecular formula is C21H20ClN7O6. The van der Waals surface area contributed by atoms with Crippen LogP contribution >= 0.6 is 11.8 Å². The van der Waals surface area contributed by atoms with Crippen molar-refractivity contribution in [3.05, 3.63) is 79.4 Å². The van der Waals surface area contributed by atoms with Crippen molar-refractivity contribution >= 4 is 46.6 Å². The summed E-state index contributed by atoms with van der Waals surface area (Å²) >= 11 is 5.43. The largest absolute Gasteiger partial charge is 0.477 e. The number of fused-ring (bicyclic) bond motifs is 1. The molecule has 2 aromatic carbocycles. The highest BCUT2D eigenvalue weighted by Gasteiger charge is 2.18. The van der Waals surface area contributed by atoms with E-state index in [1.165, 1.54) is 13.2 Å². The Hall–Kier alpha value is -4.49. The summed E-state index contributed by atoms with van der Waals surface area (Å²) in [6.45, 7) is 0.989. The molecule has 0 fully saturated rings. The van der Waals surface area contributed by atoms with E-state index in [0.717, 1.165) is 21.7 Å². The number of rotatable bonds is 7. The van der Waals surface area contributed by atoms with Gasteiger partial charge in [-0.15, -0.1) is 5.10 Å². The van der Waals surface area contributed by atoms with Crippen LogP contribution in [0.25, 0.3) is 5.65 Å². The number of aromatic carboxylic acids is 1. The molecule has 0 aliphatic heterocycles. The Morgan fingerprint density at radius 2 is 1.80 bits per heavy atom. The van der Waals surface area contributed by atoms with Crippen LogP contribution in [0, 0.1) is 0 Å². The number of carboxylic acids is 1. The van der Waals surface area contributed by atoms with Crippen LogP contribution in [0.3, 0.4) is 0 Å². The third-order valence-electron chi connectivity index (χ3n) is 4.74. The number of nitrogens with one attached hydrogen (secondary N) is 2. The van der Waals surface area contributed by atoms with Crippen LogP contribution in [0.15, 0.2) is 46.0 Å². The standard InChI is InChI=1S/C12H12ClN3O2.C9H8N4O4/c13-16-6-8-3-1-2-7(4-8)5-15-10-9(14)11(17)12(10)18;1-17-9(16)5-2-4(8(14)15)11-7-3-6(10)12-13(5)7/h1-4,15-16H,5-6,14H2;2-3H,1H3,(H2,10,12)(H,14,15). The molecule has 13 nitrogen and oxygen atoms in total. The molecule has 7 N–H and O–H groups in total. The smallest absolute Gasteiger partial charge is 0.356 e. The Morgan fingerprint density at radius 3 is 2.40 bits per heavy atom. The molecule has 4 rings (SSSR count). The van der Waals surface area contributed by atoms with E-state index in [-0.39, 0.29) is 34.2 Å². The third-order valence-corrected chi connectivity index (χ3v) is 4.87. The molecule has 2 aromatic heterocycles. The van der Waals surface area contributed by atoms with Crippen LogP contribution in [0.5, 0.6) is 0 Å². The predicted molar refractivity (Wildman–Crippen MR) is 128 cm³/mol. The number of carbonyl (C=O) groups excluding carboxylic acids is 1. The van der Waals surface area contributed by atoms with E-state index >= 15 is 0 Å². The molecule has 0 atom stereocenters. The van der Waals surface area contributed by atoms with Gasteiger partial charge in [-0.3, -0.25) is 9.59 Å². The lowest BCUT2D eigenvalue weighted by atomic mass is 10.1. The maximum absolute atomic E-state index is 11.5. The molecule has 35 heavy (non-hydrogen) atoms. The lowest BCUT2D eigenvalue weighted by Gasteiger charge is -2.10. The van der Waals surface area contributed by atoms with Crippen LogP contribution in [0.1, 0.15) is 32.1 Å². The molecule has 0 spiro atoms. The topological polar surface area (TPSA) is 204 Å². The lowest BCUT2D eigenvalue weighted by molar-refractivity contribution is 0.0590. The van der Waals surface area contributed by atoms with Gasteiger partial charge in [0.15, 0.2) is 17.0 Å². The molecule has 0 aliphatic carbocycles. The van der Waals surface area contributed by atoms with Crippen molar-refractivity contribution in [1.82, 2.24) is 19.4 Å². The van der Waals surface area contributed by atoms with Crippen LogP contribution < -0.4 is 32.5 Å². The van der Waals surface area contributed by atoms with E-state index in [2.05, 4.69) is 25.0 Å². The van der Waals surface area contributed by atoms with Gasteiger partial charge in [0.05, 0.1) is 7.11 Å². The number of hydrogen-bond acceptors (Lipinski definition) is 11. The normalized spacial score (nSPS) is 10.6. The molecule has 0 saturated heterocycles. The van der Waals surface area contributed by atoms with Gasteiger partial charge in [-0.1, -0.05) is 24.3 Å². The Labute approximate surface area is 202 Å². The summed E-state index contributed by atoms with van der Waals surface area (Å²) in [5.74, 6) is -1.84. The average Bonchev–Trinajstić information content (AvgIpc) is 3.23. The number of esters is 1. The molecule has 182 valence electrons. The molecule has 0 radical (unpaired) electrons. The van der Waals surface area contributed by atoms with Crippen molar-refractivity contribution in [2.24, 2.45) is 0 Å². The summed E-state index contributed by atoms with van der Waals surface area (Å²) in [5, 5.41) is 15.5. The van der Waals surface area contributed by atoms with Crippen molar-refractivity contribution in [3.63, 3.8) is 0 Å². The minimum absolute atomic E-state index is 0.0126. The van der Waals surface area contributed by atoms with Gasteiger partial charge in [0.25, 0.3) is 10.9 Å². The van der Waals surface area contributed by atoms with Crippen LogP contribution in [-0.2, 0) is 17.8 Å². The fourth-order valence-corrected chi connectivity index (χ4v) is 3.21. The maximum atomic E-state index is 11.5. The van der Waals surface area contributed by atoms with Gasteiger partial charge in [-0.25, -0.2) is 23.9 Å². The fourth-order valence-electron chi connectivity index (χ4n) is 3.05. The molecule has 0 amide bonds. The molecule has 0 aliphatic rings. The summed E-state index contributed by atoms with van der Waals surface area (Å²) in [5.41, 5.74) is 11.8. The minimum Gasteiger partial charge on any atom is -0.477 e. The second kappa shape index (κ2) is 10.6. The van der Waals surface area contributed by atoms with Crippen molar-refractivity contribution in [2.45, 2.75) is 13.1 Å². The number of carbonyl (C=O) groups is 2. The monoisotopic (exact) mass is 501 g/mol. The van der Waals surface area contributed by atoms with Crippen LogP contribution in [-0.4, -0.2) is 38.8 Å². The molecule has 2 heterocycles. The zero-order valence-electron chi connectivity index (χ0n) is 18.2. The zero-order valence-corrected chi connectivity index (χ0v) is 19.0. The number of ether oxygens (including phenoxy) is 1. The second-order valence-electron chi connectivity index (χ2n) is 7.09. The number of nitrogens with zero attached hydrogens (tertiary/aromatic N) is 3. The van der Waals surface area contributed by atoms with Crippen LogP contribution in [0.2, 0.25) is 0 Å². The van der Waals surface area contributed by atoms with Gasteiger partial charge in [0, 0.05) is 25.2 Å². The number of nitrogens with two attached hydrogens (primary N) is 2. The summed E-state index contributed by atoms with van der Waals surface area (Å²) in [7, 11) is 1.18. The molecule has 0 bridgehead atoms. The number of methoxy groups -OCH3 is 1. The lowest BCUT2D eigenvalue weighted by Crippen LogP contribution is -2.36. The summed E-state index contributed by atoms with van der Waals surface area (Å²) in [4.78, 5) is 50.7. The first kappa shape index (κ1) is 25.1. The number of hydrogen-bond donors (Lipinski definition) is 5. The summed E-state index contributed by atoms with van der Waals surface area (Å²) in [6.07, 6.45) is 0.